The summed E-state index contributed by atoms with van der Waals surface area (Å²) in [5.74, 6) is -1.19. The highest BCUT2D eigenvalue weighted by Gasteiger charge is 2.37. The number of aromatic nitrogens is 2. The van der Waals surface area contributed by atoms with Gasteiger partial charge in [-0.2, -0.15) is 10.2 Å². The van der Waals surface area contributed by atoms with Crippen molar-refractivity contribution in [3.8, 4) is 0 Å². The maximum Gasteiger partial charge on any atom is 0.267 e. The van der Waals surface area contributed by atoms with Gasteiger partial charge in [-0.3, -0.25) is 14.4 Å². The number of imide groups is 1. The minimum absolute atomic E-state index is 0.219. The van der Waals surface area contributed by atoms with Gasteiger partial charge >= 0.3 is 0 Å². The van der Waals surface area contributed by atoms with Gasteiger partial charge in [0.05, 0.1) is 29.2 Å². The van der Waals surface area contributed by atoms with Crippen molar-refractivity contribution >= 4 is 29.1 Å². The number of fused-ring (bicyclic) bond motifs is 1. The number of rotatable bonds is 3. The van der Waals surface area contributed by atoms with E-state index in [0.29, 0.717) is 16.9 Å². The SMILES string of the molecule is Cc1ccc(NC(=O)c2ccc(N3C(=O)c4cnncc4C3=O)cc2)cc1. The molecule has 0 bridgehead atoms. The molecule has 1 N–H and O–H groups in total. The van der Waals surface area contributed by atoms with Crippen LogP contribution in [0.1, 0.15) is 36.6 Å². The van der Waals surface area contributed by atoms with Gasteiger partial charge in [0.1, 0.15) is 0 Å². The third kappa shape index (κ3) is 2.95. The van der Waals surface area contributed by atoms with Crippen LogP contribution in [0.3, 0.4) is 0 Å². The molecule has 2 aromatic carbocycles. The first-order valence-corrected chi connectivity index (χ1v) is 8.22. The fraction of sp³-hybridized carbons (Fsp3) is 0.0500. The van der Waals surface area contributed by atoms with Gasteiger partial charge in [0, 0.05) is 11.3 Å². The highest BCUT2D eigenvalue weighted by molar-refractivity contribution is 6.34. The van der Waals surface area contributed by atoms with Crippen LogP contribution in [0.2, 0.25) is 0 Å². The van der Waals surface area contributed by atoms with Gasteiger partial charge in [-0.05, 0) is 43.3 Å². The van der Waals surface area contributed by atoms with E-state index in [1.807, 2.05) is 31.2 Å². The number of benzene rings is 2. The summed E-state index contributed by atoms with van der Waals surface area (Å²) in [6.07, 6.45) is 2.55. The summed E-state index contributed by atoms with van der Waals surface area (Å²) in [5.41, 5.74) is 3.03. The lowest BCUT2D eigenvalue weighted by Crippen LogP contribution is -2.29. The molecule has 0 aliphatic carbocycles. The average Bonchev–Trinajstić information content (AvgIpc) is 2.95. The van der Waals surface area contributed by atoms with Gasteiger partial charge < -0.3 is 5.32 Å². The zero-order chi connectivity index (χ0) is 19.0. The first-order chi connectivity index (χ1) is 13.0. The van der Waals surface area contributed by atoms with Crippen LogP contribution in [0.25, 0.3) is 0 Å². The van der Waals surface area contributed by atoms with Gasteiger partial charge in [-0.25, -0.2) is 4.90 Å². The van der Waals surface area contributed by atoms with E-state index in [2.05, 4.69) is 15.5 Å². The summed E-state index contributed by atoms with van der Waals surface area (Å²) < 4.78 is 0. The standard InChI is InChI=1S/C20H14N4O3/c1-12-2-6-14(7-3-12)23-18(25)13-4-8-15(9-5-13)24-19(26)16-10-21-22-11-17(16)20(24)27/h2-11H,1H3,(H,23,25). The third-order valence-electron chi connectivity index (χ3n) is 4.29. The van der Waals surface area contributed by atoms with E-state index in [-0.39, 0.29) is 17.0 Å². The Balaban J connectivity index is 1.54. The highest BCUT2D eigenvalue weighted by atomic mass is 16.2. The second-order valence-corrected chi connectivity index (χ2v) is 6.13. The summed E-state index contributed by atoms with van der Waals surface area (Å²) in [4.78, 5) is 38.3. The lowest BCUT2D eigenvalue weighted by Gasteiger charge is -2.14. The van der Waals surface area contributed by atoms with Gasteiger partial charge in [0.15, 0.2) is 0 Å². The Hall–Kier alpha value is -3.87. The summed E-state index contributed by atoms with van der Waals surface area (Å²) in [6.45, 7) is 1.97. The Morgan fingerprint density at radius 1 is 0.852 bits per heavy atom. The van der Waals surface area contributed by atoms with Crippen LogP contribution >= 0.6 is 0 Å². The van der Waals surface area contributed by atoms with Crippen molar-refractivity contribution in [2.45, 2.75) is 6.92 Å². The number of nitrogens with zero attached hydrogens (tertiary/aromatic N) is 3. The molecule has 2 heterocycles. The summed E-state index contributed by atoms with van der Waals surface area (Å²) in [6, 6.07) is 13.7. The average molecular weight is 358 g/mol. The van der Waals surface area contributed by atoms with E-state index in [4.69, 9.17) is 0 Å². The molecule has 3 amide bonds. The molecule has 7 nitrogen and oxygen atoms in total. The molecule has 0 saturated carbocycles. The smallest absolute Gasteiger partial charge is 0.267 e. The summed E-state index contributed by atoms with van der Waals surface area (Å²) in [7, 11) is 0. The normalized spacial score (nSPS) is 12.9. The van der Waals surface area contributed by atoms with Crippen molar-refractivity contribution in [1.82, 2.24) is 10.2 Å². The van der Waals surface area contributed by atoms with Gasteiger partial charge in [-0.1, -0.05) is 17.7 Å². The summed E-state index contributed by atoms with van der Waals surface area (Å²) in [5, 5.41) is 10.1. The summed E-state index contributed by atoms with van der Waals surface area (Å²) >= 11 is 0. The van der Waals surface area contributed by atoms with Crippen molar-refractivity contribution in [3.63, 3.8) is 0 Å². The first-order valence-electron chi connectivity index (χ1n) is 8.22. The molecule has 27 heavy (non-hydrogen) atoms. The Labute approximate surface area is 154 Å². The number of carbonyl (C=O) groups excluding carboxylic acids is 3. The third-order valence-corrected chi connectivity index (χ3v) is 4.29. The molecule has 0 fully saturated rings. The Morgan fingerprint density at radius 3 is 1.96 bits per heavy atom. The quantitative estimate of drug-likeness (QED) is 0.727. The molecule has 0 unspecified atom stereocenters. The number of aryl methyl sites for hydroxylation is 1. The molecule has 1 aliphatic rings. The minimum atomic E-state index is -0.457. The van der Waals surface area contributed by atoms with E-state index in [0.717, 1.165) is 10.5 Å². The van der Waals surface area contributed by atoms with Crippen LogP contribution in [-0.4, -0.2) is 27.9 Å². The lowest BCUT2D eigenvalue weighted by atomic mass is 10.1. The zero-order valence-corrected chi connectivity index (χ0v) is 14.3. The number of nitrogens with one attached hydrogen (secondary N) is 1. The molecule has 4 rings (SSSR count). The van der Waals surface area contributed by atoms with Crippen LogP contribution in [0.4, 0.5) is 11.4 Å². The van der Waals surface area contributed by atoms with Crippen LogP contribution in [0, 0.1) is 6.92 Å². The van der Waals surface area contributed by atoms with E-state index in [9.17, 15) is 14.4 Å². The number of amides is 3. The van der Waals surface area contributed by atoms with Gasteiger partial charge in [0.25, 0.3) is 17.7 Å². The predicted molar refractivity (Wildman–Crippen MR) is 98.7 cm³/mol. The van der Waals surface area contributed by atoms with Gasteiger partial charge in [0.2, 0.25) is 0 Å². The topological polar surface area (TPSA) is 92.3 Å². The largest absolute Gasteiger partial charge is 0.322 e. The molecule has 0 spiro atoms. The van der Waals surface area contributed by atoms with Crippen LogP contribution < -0.4 is 10.2 Å². The molecule has 7 heteroatoms. The lowest BCUT2D eigenvalue weighted by molar-refractivity contribution is 0.0925. The molecule has 3 aromatic rings. The van der Waals surface area contributed by atoms with Gasteiger partial charge in [-0.15, -0.1) is 0 Å². The van der Waals surface area contributed by atoms with Crippen molar-refractivity contribution in [2.75, 3.05) is 10.2 Å². The molecule has 132 valence electrons. The van der Waals surface area contributed by atoms with Crippen LogP contribution in [0.5, 0.6) is 0 Å². The molecule has 0 saturated heterocycles. The molecule has 0 radical (unpaired) electrons. The zero-order valence-electron chi connectivity index (χ0n) is 14.3. The van der Waals surface area contributed by atoms with E-state index >= 15 is 0 Å². The van der Waals surface area contributed by atoms with Crippen LogP contribution in [0.15, 0.2) is 60.9 Å². The molecular formula is C20H14N4O3. The first kappa shape index (κ1) is 16.6. The Kier molecular flexibility index (Phi) is 3.97. The van der Waals surface area contributed by atoms with E-state index in [1.54, 1.807) is 24.3 Å². The highest BCUT2D eigenvalue weighted by Crippen LogP contribution is 2.27. The number of hydrogen-bond donors (Lipinski definition) is 1. The molecule has 0 atom stereocenters. The molecular weight excluding hydrogens is 344 g/mol. The molecule has 1 aromatic heterocycles. The molecule has 1 aliphatic heterocycles. The maximum absolute atomic E-state index is 12.5. The maximum atomic E-state index is 12.5. The van der Waals surface area contributed by atoms with Crippen molar-refractivity contribution in [2.24, 2.45) is 0 Å². The van der Waals surface area contributed by atoms with E-state index < -0.39 is 11.8 Å². The fourth-order valence-corrected chi connectivity index (χ4v) is 2.83. The monoisotopic (exact) mass is 358 g/mol. The van der Waals surface area contributed by atoms with E-state index in [1.165, 1.54) is 12.4 Å². The van der Waals surface area contributed by atoms with Crippen LogP contribution in [-0.2, 0) is 0 Å². The van der Waals surface area contributed by atoms with Crippen molar-refractivity contribution in [1.29, 1.82) is 0 Å². The predicted octanol–water partition coefficient (Wildman–Crippen LogP) is 2.84. The fourth-order valence-electron chi connectivity index (χ4n) is 2.83. The number of anilines is 2. The number of carbonyl (C=O) groups is 3. The second-order valence-electron chi connectivity index (χ2n) is 6.13. The van der Waals surface area contributed by atoms with Crippen molar-refractivity contribution < 1.29 is 14.4 Å². The Morgan fingerprint density at radius 2 is 1.41 bits per heavy atom. The Bertz CT molecular complexity index is 1020. The number of hydrogen-bond acceptors (Lipinski definition) is 5. The minimum Gasteiger partial charge on any atom is -0.322 e. The van der Waals surface area contributed by atoms with Crippen molar-refractivity contribution in [3.05, 3.63) is 83.2 Å². The second kappa shape index (κ2) is 6.45.